The minimum absolute atomic E-state index is 0.377. The van der Waals surface area contributed by atoms with E-state index in [1.165, 1.54) is 53.5 Å². The quantitative estimate of drug-likeness (QED) is 0.0711. The van der Waals surface area contributed by atoms with Gasteiger partial charge < -0.3 is 8.85 Å². The summed E-state index contributed by atoms with van der Waals surface area (Å²) in [6, 6.07) is 0. The lowest BCUT2D eigenvalue weighted by Crippen LogP contribution is -2.30. The van der Waals surface area contributed by atoms with Gasteiger partial charge in [0.25, 0.3) is 0 Å². The zero-order chi connectivity index (χ0) is 30.6. The van der Waals surface area contributed by atoms with Crippen molar-refractivity contribution in [1.29, 1.82) is 0 Å². The molecule has 0 aliphatic carbocycles. The van der Waals surface area contributed by atoms with Gasteiger partial charge in [-0.25, -0.2) is 0 Å². The number of allylic oxidation sites excluding steroid dienone is 10. The third kappa shape index (κ3) is 27.2. The molecule has 0 aromatic rings. The largest absolute Gasteiger partial charge is 0.418 e. The van der Waals surface area contributed by atoms with Crippen molar-refractivity contribution in [2.75, 3.05) is 6.61 Å². The van der Waals surface area contributed by atoms with Gasteiger partial charge in [-0.05, 0) is 158 Å². The maximum absolute atomic E-state index is 6.15. The predicted octanol–water partition coefficient (Wildman–Crippen LogP) is 12.5. The first-order valence-corrected chi connectivity index (χ1v) is 23.0. The van der Waals surface area contributed by atoms with E-state index < -0.39 is 16.6 Å². The van der Waals surface area contributed by atoms with Crippen LogP contribution in [-0.2, 0) is 8.85 Å². The van der Waals surface area contributed by atoms with Crippen molar-refractivity contribution < 1.29 is 8.85 Å². The molecule has 0 rings (SSSR count). The van der Waals surface area contributed by atoms with Crippen LogP contribution in [0.4, 0.5) is 0 Å². The van der Waals surface area contributed by atoms with Crippen LogP contribution in [-0.4, -0.2) is 29.3 Å². The second-order valence-electron chi connectivity index (χ2n) is 14.1. The molecule has 232 valence electrons. The first-order chi connectivity index (χ1) is 18.6. The standard InChI is InChI=1S/C36H68O2Si2/c1-31(20-14-22-33(3)24-16-26-35(5)28-18-30-37-39(7,8)9)19-13-21-32(2)23-15-25-34(4)27-17-29-36(6)38-40(10,11)12/h19,22-23,26-27,36H,13-18,20-21,24-25,28-30H2,1-12H3/b31-19-,32-23-,33-22-,34-27-,35-26-. The van der Waals surface area contributed by atoms with Crippen molar-refractivity contribution in [3.05, 3.63) is 58.2 Å². The van der Waals surface area contributed by atoms with E-state index in [2.05, 4.69) is 111 Å². The molecule has 0 saturated carbocycles. The highest BCUT2D eigenvalue weighted by Gasteiger charge is 2.17. The molecule has 0 spiro atoms. The normalized spacial score (nSPS) is 15.7. The van der Waals surface area contributed by atoms with Crippen LogP contribution in [0.2, 0.25) is 39.3 Å². The fraction of sp³-hybridized carbons (Fsp3) is 0.722. The molecule has 0 heterocycles. The Morgan fingerprint density at radius 2 is 0.875 bits per heavy atom. The van der Waals surface area contributed by atoms with E-state index in [4.69, 9.17) is 8.85 Å². The van der Waals surface area contributed by atoms with Crippen molar-refractivity contribution in [2.24, 2.45) is 0 Å². The lowest BCUT2D eigenvalue weighted by Gasteiger charge is -2.23. The summed E-state index contributed by atoms with van der Waals surface area (Å²) in [5.74, 6) is 0. The third-order valence-electron chi connectivity index (χ3n) is 7.00. The molecule has 40 heavy (non-hydrogen) atoms. The van der Waals surface area contributed by atoms with Crippen molar-refractivity contribution in [3.8, 4) is 0 Å². The molecule has 0 radical (unpaired) electrons. The lowest BCUT2D eigenvalue weighted by atomic mass is 10.0. The number of hydrogen-bond acceptors (Lipinski definition) is 2. The van der Waals surface area contributed by atoms with Gasteiger partial charge in [-0.1, -0.05) is 58.2 Å². The van der Waals surface area contributed by atoms with Crippen LogP contribution in [0.15, 0.2) is 58.2 Å². The first-order valence-electron chi connectivity index (χ1n) is 16.2. The fourth-order valence-corrected chi connectivity index (χ4v) is 6.73. The van der Waals surface area contributed by atoms with Gasteiger partial charge in [-0.15, -0.1) is 0 Å². The molecule has 4 heteroatoms. The van der Waals surface area contributed by atoms with Crippen molar-refractivity contribution in [1.82, 2.24) is 0 Å². The molecule has 0 aliphatic heterocycles. The molecule has 2 nitrogen and oxygen atoms in total. The van der Waals surface area contributed by atoms with Gasteiger partial charge in [0, 0.05) is 12.7 Å². The van der Waals surface area contributed by atoms with Gasteiger partial charge in [-0.3, -0.25) is 0 Å². The molecule has 0 saturated heterocycles. The summed E-state index contributed by atoms with van der Waals surface area (Å²) in [7, 11) is -2.78. The number of hydrogen-bond donors (Lipinski definition) is 0. The predicted molar refractivity (Wildman–Crippen MR) is 187 cm³/mol. The Morgan fingerprint density at radius 1 is 0.525 bits per heavy atom. The molecule has 0 aromatic carbocycles. The van der Waals surface area contributed by atoms with E-state index in [1.807, 2.05) is 0 Å². The fourth-order valence-electron chi connectivity index (χ4n) is 4.65. The van der Waals surface area contributed by atoms with Gasteiger partial charge in [0.1, 0.15) is 0 Å². The minimum Gasteiger partial charge on any atom is -0.418 e. The first kappa shape index (κ1) is 39.1. The minimum atomic E-state index is -1.42. The van der Waals surface area contributed by atoms with Crippen LogP contribution in [0.1, 0.15) is 119 Å². The molecule has 1 atom stereocenters. The van der Waals surface area contributed by atoms with Crippen LogP contribution in [0.5, 0.6) is 0 Å². The van der Waals surface area contributed by atoms with Crippen LogP contribution in [0, 0.1) is 0 Å². The van der Waals surface area contributed by atoms with E-state index in [0.717, 1.165) is 58.0 Å². The third-order valence-corrected chi connectivity index (χ3v) is 9.18. The SMILES string of the molecule is C/C(=C/CC/C(C)=C\CC/C(C)=C\CCC(C)O[Si](C)(C)C)CC/C=C(/C)CC/C=C(/C)CCCO[Si](C)(C)C. The van der Waals surface area contributed by atoms with Gasteiger partial charge in [0.05, 0.1) is 0 Å². The summed E-state index contributed by atoms with van der Waals surface area (Å²) < 4.78 is 12.1. The van der Waals surface area contributed by atoms with Gasteiger partial charge in [0.15, 0.2) is 16.6 Å². The Hall–Kier alpha value is -0.946. The van der Waals surface area contributed by atoms with Crippen LogP contribution in [0.25, 0.3) is 0 Å². The summed E-state index contributed by atoms with van der Waals surface area (Å²) >= 11 is 0. The smallest absolute Gasteiger partial charge is 0.184 e. The van der Waals surface area contributed by atoms with Crippen LogP contribution in [0.3, 0.4) is 0 Å². The highest BCUT2D eigenvalue weighted by molar-refractivity contribution is 6.70. The molecule has 0 N–H and O–H groups in total. The Bertz CT molecular complexity index is 832. The van der Waals surface area contributed by atoms with Crippen LogP contribution >= 0.6 is 0 Å². The summed E-state index contributed by atoms with van der Waals surface area (Å²) in [4.78, 5) is 0. The zero-order valence-corrected chi connectivity index (χ0v) is 31.0. The Labute approximate surface area is 253 Å². The Morgan fingerprint density at radius 3 is 1.23 bits per heavy atom. The molecule has 0 bridgehead atoms. The maximum Gasteiger partial charge on any atom is 0.184 e. The summed E-state index contributed by atoms with van der Waals surface area (Å²) in [6.45, 7) is 28.1. The van der Waals surface area contributed by atoms with E-state index in [1.54, 1.807) is 0 Å². The van der Waals surface area contributed by atoms with E-state index in [0.29, 0.717) is 6.10 Å². The monoisotopic (exact) mass is 588 g/mol. The second kappa shape index (κ2) is 21.7. The van der Waals surface area contributed by atoms with E-state index >= 15 is 0 Å². The summed E-state index contributed by atoms with van der Waals surface area (Å²) in [5, 5.41) is 0. The lowest BCUT2D eigenvalue weighted by molar-refractivity contribution is 0.205. The average molecular weight is 589 g/mol. The van der Waals surface area contributed by atoms with Gasteiger partial charge in [-0.2, -0.15) is 0 Å². The molecule has 0 amide bonds. The Kier molecular flexibility index (Phi) is 21.2. The molecular formula is C36H68O2Si2. The molecule has 0 aliphatic rings. The number of rotatable bonds is 22. The van der Waals surface area contributed by atoms with Crippen LogP contribution < -0.4 is 0 Å². The van der Waals surface area contributed by atoms with E-state index in [9.17, 15) is 0 Å². The van der Waals surface area contributed by atoms with Gasteiger partial charge in [0.2, 0.25) is 0 Å². The topological polar surface area (TPSA) is 18.5 Å². The molecular weight excluding hydrogens is 521 g/mol. The molecule has 0 fully saturated rings. The Balaban J connectivity index is 4.13. The maximum atomic E-state index is 6.15. The summed E-state index contributed by atoms with van der Waals surface area (Å²) in [5.41, 5.74) is 7.60. The van der Waals surface area contributed by atoms with Crippen molar-refractivity contribution in [3.63, 3.8) is 0 Å². The highest BCUT2D eigenvalue weighted by Crippen LogP contribution is 2.17. The second-order valence-corrected chi connectivity index (χ2v) is 23.1. The van der Waals surface area contributed by atoms with Crippen molar-refractivity contribution >= 4 is 16.6 Å². The molecule has 0 aromatic heterocycles. The summed E-state index contributed by atoms with van der Waals surface area (Å²) in [6.07, 6.45) is 26.5. The highest BCUT2D eigenvalue weighted by atomic mass is 28.4. The zero-order valence-electron chi connectivity index (χ0n) is 29.0. The average Bonchev–Trinajstić information content (AvgIpc) is 2.80. The molecule has 1 unspecified atom stereocenters. The van der Waals surface area contributed by atoms with E-state index in [-0.39, 0.29) is 0 Å². The van der Waals surface area contributed by atoms with Crippen molar-refractivity contribution in [2.45, 2.75) is 164 Å². The van der Waals surface area contributed by atoms with Gasteiger partial charge >= 0.3 is 0 Å².